The lowest BCUT2D eigenvalue weighted by Gasteiger charge is -2.26. The molecule has 0 saturated carbocycles. The number of benzene rings is 1. The van der Waals surface area contributed by atoms with E-state index < -0.39 is 31.4 Å². The first-order valence-corrected chi connectivity index (χ1v) is 11.2. The second-order valence-corrected chi connectivity index (χ2v) is 8.61. The van der Waals surface area contributed by atoms with E-state index in [9.17, 15) is 31.1 Å². The fraction of sp³-hybridized carbons (Fsp3) is 0.545. The molecule has 0 bridgehead atoms. The summed E-state index contributed by atoms with van der Waals surface area (Å²) in [5, 5.41) is 9.35. The van der Waals surface area contributed by atoms with Gasteiger partial charge < -0.3 is 24.8 Å². The molecule has 1 amide bonds. The lowest BCUT2D eigenvalue weighted by atomic mass is 10.0. The molecule has 0 aliphatic carbocycles. The molecule has 1 aromatic heterocycles. The number of hydrogen-bond acceptors (Lipinski definition) is 6. The molecule has 0 fully saturated rings. The van der Waals surface area contributed by atoms with Gasteiger partial charge in [-0.25, -0.2) is 4.68 Å². The second kappa shape index (κ2) is 10.5. The van der Waals surface area contributed by atoms with Crippen LogP contribution in [0.15, 0.2) is 24.3 Å². The molecule has 8 nitrogen and oxygen atoms in total. The Balaban J connectivity index is 1.25. The Morgan fingerprint density at radius 1 is 1.17 bits per heavy atom. The Morgan fingerprint density at radius 2 is 1.97 bits per heavy atom. The van der Waals surface area contributed by atoms with Crippen LogP contribution < -0.4 is 20.1 Å². The molecule has 0 spiro atoms. The van der Waals surface area contributed by atoms with Gasteiger partial charge in [-0.05, 0) is 42.6 Å². The van der Waals surface area contributed by atoms with Crippen molar-refractivity contribution >= 4 is 5.91 Å². The normalized spacial score (nSPS) is 19.3. The van der Waals surface area contributed by atoms with Crippen LogP contribution in [0, 0.1) is 0 Å². The van der Waals surface area contributed by atoms with Gasteiger partial charge in [-0.2, -0.15) is 31.4 Å². The van der Waals surface area contributed by atoms with Gasteiger partial charge in [0.2, 0.25) is 5.88 Å². The van der Waals surface area contributed by atoms with E-state index in [1.807, 2.05) is 0 Å². The lowest BCUT2D eigenvalue weighted by molar-refractivity contribution is -0.176. The highest BCUT2D eigenvalue weighted by atomic mass is 19.4. The first kappa shape index (κ1) is 26.1. The topological polar surface area (TPSA) is 86.6 Å². The maximum absolute atomic E-state index is 12.7. The number of ether oxygens (including phenoxy) is 3. The van der Waals surface area contributed by atoms with Crippen molar-refractivity contribution in [2.75, 3.05) is 26.3 Å². The van der Waals surface area contributed by atoms with Gasteiger partial charge in [-0.1, -0.05) is 6.07 Å². The Bertz CT molecular complexity index is 1050. The van der Waals surface area contributed by atoms with Gasteiger partial charge in [0.1, 0.15) is 25.1 Å². The van der Waals surface area contributed by atoms with Gasteiger partial charge >= 0.3 is 12.4 Å². The highest BCUT2D eigenvalue weighted by Crippen LogP contribution is 2.28. The largest absolute Gasteiger partial charge is 0.491 e. The number of halogens is 6. The number of amides is 1. The van der Waals surface area contributed by atoms with Gasteiger partial charge in [0.25, 0.3) is 5.91 Å². The van der Waals surface area contributed by atoms with E-state index in [0.29, 0.717) is 36.6 Å². The summed E-state index contributed by atoms with van der Waals surface area (Å²) in [7, 11) is 0. The summed E-state index contributed by atoms with van der Waals surface area (Å²) in [5.74, 6) is 0.491. The zero-order valence-corrected chi connectivity index (χ0v) is 18.9. The maximum Gasteiger partial charge on any atom is 0.411 e. The molecule has 0 radical (unpaired) electrons. The van der Waals surface area contributed by atoms with E-state index in [-0.39, 0.29) is 37.6 Å². The van der Waals surface area contributed by atoms with Crippen molar-refractivity contribution < 1.29 is 45.3 Å². The molecule has 2 N–H and O–H groups in total. The second-order valence-electron chi connectivity index (χ2n) is 8.61. The summed E-state index contributed by atoms with van der Waals surface area (Å²) in [5.41, 5.74) is 1.41. The van der Waals surface area contributed by atoms with Crippen molar-refractivity contribution in [3.05, 3.63) is 41.1 Å². The fourth-order valence-corrected chi connectivity index (χ4v) is 3.95. The average Bonchev–Trinajstić information content (AvgIpc) is 3.34. The average molecular weight is 522 g/mol. The zero-order valence-electron chi connectivity index (χ0n) is 18.9. The third-order valence-corrected chi connectivity index (χ3v) is 5.51. The summed E-state index contributed by atoms with van der Waals surface area (Å²) >= 11 is 0. The fourth-order valence-electron chi connectivity index (χ4n) is 3.95. The van der Waals surface area contributed by atoms with Crippen molar-refractivity contribution in [3.63, 3.8) is 0 Å². The number of carbonyl (C=O) groups is 1. The number of carbonyl (C=O) groups excluding carboxylic acids is 1. The minimum Gasteiger partial charge on any atom is -0.491 e. The van der Waals surface area contributed by atoms with Crippen molar-refractivity contribution in [1.82, 2.24) is 20.4 Å². The smallest absolute Gasteiger partial charge is 0.411 e. The van der Waals surface area contributed by atoms with Crippen molar-refractivity contribution in [1.29, 1.82) is 0 Å². The molecular weight excluding hydrogens is 498 g/mol. The highest BCUT2D eigenvalue weighted by Gasteiger charge is 2.30. The third kappa shape index (κ3) is 7.26. The van der Waals surface area contributed by atoms with Crippen LogP contribution in [0.3, 0.4) is 0 Å². The quantitative estimate of drug-likeness (QED) is 0.389. The van der Waals surface area contributed by atoms with Gasteiger partial charge in [-0.3, -0.25) is 4.79 Å². The van der Waals surface area contributed by atoms with Crippen LogP contribution in [0.5, 0.6) is 11.6 Å². The number of alkyl halides is 6. The number of aromatic nitrogens is 2. The first-order valence-electron chi connectivity index (χ1n) is 11.2. The lowest BCUT2D eigenvalue weighted by Crippen LogP contribution is -2.43. The van der Waals surface area contributed by atoms with E-state index >= 15 is 0 Å². The van der Waals surface area contributed by atoms with Gasteiger partial charge in [-0.15, -0.1) is 0 Å². The minimum atomic E-state index is -4.40. The van der Waals surface area contributed by atoms with Crippen LogP contribution in [0.1, 0.15) is 28.0 Å². The van der Waals surface area contributed by atoms with E-state index in [2.05, 4.69) is 15.7 Å². The Kier molecular flexibility index (Phi) is 7.64. The van der Waals surface area contributed by atoms with Gasteiger partial charge in [0, 0.05) is 6.07 Å². The van der Waals surface area contributed by atoms with Crippen molar-refractivity contribution in [2.24, 2.45) is 0 Å². The zero-order chi connectivity index (χ0) is 25.9. The molecule has 2 aliphatic heterocycles. The molecule has 1 aromatic carbocycles. The standard InChI is InChI=1S/C22H24F6N4O4/c23-21(24,25)11-29-4-3-16-8-32-19(36-16)7-17(31-32)20(33)30-15-6-14-5-13(1-2-18(14)35-10-15)9-34-12-22(26,27)28/h1-2,5,7,15-16,29H,3-4,6,8-12H2,(H,30,33)/t15-,16-/m1/s1. The van der Waals surface area contributed by atoms with Crippen LogP contribution in [0.2, 0.25) is 0 Å². The van der Waals surface area contributed by atoms with Crippen LogP contribution in [-0.2, 0) is 24.3 Å². The van der Waals surface area contributed by atoms with Crippen LogP contribution >= 0.6 is 0 Å². The number of rotatable bonds is 9. The number of nitrogens with zero attached hydrogens (tertiary/aromatic N) is 2. The van der Waals surface area contributed by atoms with Crippen LogP contribution in [-0.4, -0.2) is 66.5 Å². The van der Waals surface area contributed by atoms with Gasteiger partial charge in [0.15, 0.2) is 5.69 Å². The predicted octanol–water partition coefficient (Wildman–Crippen LogP) is 3.00. The molecular formula is C22H24F6N4O4. The molecule has 0 saturated heterocycles. The molecule has 14 heteroatoms. The van der Waals surface area contributed by atoms with Gasteiger partial charge in [0.05, 0.1) is 25.7 Å². The molecule has 3 heterocycles. The van der Waals surface area contributed by atoms with Crippen LogP contribution in [0.25, 0.3) is 0 Å². The number of hydrogen-bond donors (Lipinski definition) is 2. The molecule has 2 atom stereocenters. The number of nitrogens with one attached hydrogen (secondary N) is 2. The molecule has 36 heavy (non-hydrogen) atoms. The monoisotopic (exact) mass is 522 g/mol. The van der Waals surface area contributed by atoms with E-state index in [4.69, 9.17) is 14.2 Å². The van der Waals surface area contributed by atoms with Crippen molar-refractivity contribution in [3.8, 4) is 11.6 Å². The predicted molar refractivity (Wildman–Crippen MR) is 113 cm³/mol. The van der Waals surface area contributed by atoms with E-state index in [0.717, 1.165) is 5.56 Å². The van der Waals surface area contributed by atoms with E-state index in [1.165, 1.54) is 10.7 Å². The molecule has 198 valence electrons. The minimum absolute atomic E-state index is 0.124. The summed E-state index contributed by atoms with van der Waals surface area (Å²) in [6.45, 7) is -1.97. The molecule has 4 rings (SSSR count). The summed E-state index contributed by atoms with van der Waals surface area (Å²) in [4.78, 5) is 12.7. The van der Waals surface area contributed by atoms with Crippen molar-refractivity contribution in [2.45, 2.75) is 50.5 Å². The Morgan fingerprint density at radius 3 is 2.69 bits per heavy atom. The molecule has 2 aliphatic rings. The third-order valence-electron chi connectivity index (χ3n) is 5.51. The number of fused-ring (bicyclic) bond motifs is 2. The van der Waals surface area contributed by atoms with Crippen LogP contribution in [0.4, 0.5) is 26.3 Å². The summed E-state index contributed by atoms with van der Waals surface area (Å²) < 4.78 is 90.9. The molecule has 0 unspecified atom stereocenters. The summed E-state index contributed by atoms with van der Waals surface area (Å²) in [6, 6.07) is 6.05. The Labute approximate surface area is 201 Å². The highest BCUT2D eigenvalue weighted by molar-refractivity contribution is 5.92. The maximum atomic E-state index is 12.7. The molecule has 2 aromatic rings. The Hall–Kier alpha value is -3.00. The summed E-state index contributed by atoms with van der Waals surface area (Å²) in [6.07, 6.45) is -8.26. The van der Waals surface area contributed by atoms with E-state index in [1.54, 1.807) is 18.2 Å². The first-order chi connectivity index (χ1) is 16.9. The SMILES string of the molecule is O=C(N[C@H]1COc2ccc(COCC(F)(F)F)cc2C1)c1cc2n(n1)C[C@@H](CCNCC(F)(F)F)O2.